The molecule has 15 heavy (non-hydrogen) atoms. The minimum absolute atomic E-state index is 0.0391. The molecule has 0 aliphatic heterocycles. The van der Waals surface area contributed by atoms with Gasteiger partial charge in [0.25, 0.3) is 0 Å². The summed E-state index contributed by atoms with van der Waals surface area (Å²) in [5.41, 5.74) is 0.0391. The summed E-state index contributed by atoms with van der Waals surface area (Å²) in [5.74, 6) is 0.495. The molecule has 0 heterocycles. The third-order valence-corrected chi connectivity index (χ3v) is 3.95. The molecule has 0 rings (SSSR count). The SMILES string of the molecule is CCC(CCl)NS(=O)(=O)CCC(C)(C)C. The van der Waals surface area contributed by atoms with Gasteiger partial charge < -0.3 is 0 Å². The minimum Gasteiger partial charge on any atom is -0.212 e. The van der Waals surface area contributed by atoms with Crippen LogP contribution in [0, 0.1) is 5.41 Å². The lowest BCUT2D eigenvalue weighted by atomic mass is 9.94. The first-order valence-electron chi connectivity index (χ1n) is 5.26. The van der Waals surface area contributed by atoms with Crippen LogP contribution in [-0.4, -0.2) is 26.1 Å². The molecule has 0 saturated heterocycles. The molecule has 0 fully saturated rings. The Balaban J connectivity index is 4.20. The first-order chi connectivity index (χ1) is 6.70. The fourth-order valence-corrected chi connectivity index (χ4v) is 3.12. The van der Waals surface area contributed by atoms with E-state index in [1.165, 1.54) is 0 Å². The first kappa shape index (κ1) is 15.2. The molecule has 92 valence electrons. The van der Waals surface area contributed by atoms with Crippen molar-refractivity contribution in [3.05, 3.63) is 0 Å². The van der Waals surface area contributed by atoms with Gasteiger partial charge in [0.05, 0.1) is 5.75 Å². The Bertz CT molecular complexity index is 266. The number of hydrogen-bond donors (Lipinski definition) is 1. The number of hydrogen-bond acceptors (Lipinski definition) is 2. The lowest BCUT2D eigenvalue weighted by Gasteiger charge is -2.19. The van der Waals surface area contributed by atoms with Crippen LogP contribution in [0.1, 0.15) is 40.5 Å². The van der Waals surface area contributed by atoms with Crippen molar-refractivity contribution in [2.75, 3.05) is 11.6 Å². The van der Waals surface area contributed by atoms with Gasteiger partial charge in [0, 0.05) is 11.9 Å². The van der Waals surface area contributed by atoms with Crippen molar-refractivity contribution in [2.45, 2.75) is 46.6 Å². The van der Waals surface area contributed by atoms with Crippen molar-refractivity contribution < 1.29 is 8.42 Å². The second-order valence-electron chi connectivity index (χ2n) is 5.01. The molecule has 3 nitrogen and oxygen atoms in total. The fourth-order valence-electron chi connectivity index (χ4n) is 0.977. The molecule has 0 aromatic heterocycles. The molecule has 1 atom stereocenters. The highest BCUT2D eigenvalue weighted by molar-refractivity contribution is 7.89. The molecule has 0 aromatic rings. The molecule has 0 aliphatic carbocycles. The normalized spacial score (nSPS) is 15.3. The maximum atomic E-state index is 11.6. The Morgan fingerprint density at radius 2 is 1.87 bits per heavy atom. The lowest BCUT2D eigenvalue weighted by molar-refractivity contribution is 0.395. The van der Waals surface area contributed by atoms with E-state index in [4.69, 9.17) is 11.6 Å². The van der Waals surface area contributed by atoms with Gasteiger partial charge in [-0.25, -0.2) is 13.1 Å². The van der Waals surface area contributed by atoms with Gasteiger partial charge in [-0.1, -0.05) is 27.7 Å². The summed E-state index contributed by atoms with van der Waals surface area (Å²) in [6.07, 6.45) is 1.37. The van der Waals surface area contributed by atoms with Crippen LogP contribution in [0.25, 0.3) is 0 Å². The van der Waals surface area contributed by atoms with E-state index >= 15 is 0 Å². The van der Waals surface area contributed by atoms with E-state index in [0.29, 0.717) is 12.3 Å². The van der Waals surface area contributed by atoms with Crippen LogP contribution in [0.4, 0.5) is 0 Å². The molecule has 0 amide bonds. The van der Waals surface area contributed by atoms with Gasteiger partial charge in [0.15, 0.2) is 0 Å². The average molecular weight is 256 g/mol. The Morgan fingerprint density at radius 1 is 1.33 bits per heavy atom. The van der Waals surface area contributed by atoms with E-state index in [9.17, 15) is 8.42 Å². The summed E-state index contributed by atoms with van der Waals surface area (Å²) in [6, 6.07) is -0.142. The van der Waals surface area contributed by atoms with E-state index in [-0.39, 0.29) is 17.2 Å². The molecule has 1 N–H and O–H groups in total. The average Bonchev–Trinajstić information content (AvgIpc) is 2.10. The van der Waals surface area contributed by atoms with Crippen LogP contribution in [0.15, 0.2) is 0 Å². The zero-order chi connectivity index (χ0) is 12.1. The Morgan fingerprint density at radius 3 is 2.20 bits per heavy atom. The van der Waals surface area contributed by atoms with Crippen LogP contribution in [0.2, 0.25) is 0 Å². The number of alkyl halides is 1. The third-order valence-electron chi connectivity index (χ3n) is 2.15. The van der Waals surface area contributed by atoms with Gasteiger partial charge in [-0.15, -0.1) is 11.6 Å². The summed E-state index contributed by atoms with van der Waals surface area (Å²) >= 11 is 5.64. The van der Waals surface area contributed by atoms with Gasteiger partial charge in [0.2, 0.25) is 10.0 Å². The summed E-state index contributed by atoms with van der Waals surface area (Å²) in [6.45, 7) is 8.00. The van der Waals surface area contributed by atoms with E-state index in [0.717, 1.165) is 6.42 Å². The lowest BCUT2D eigenvalue weighted by Crippen LogP contribution is -2.37. The second-order valence-corrected chi connectivity index (χ2v) is 7.19. The Kier molecular flexibility index (Phi) is 6.14. The van der Waals surface area contributed by atoms with Crippen LogP contribution >= 0.6 is 11.6 Å². The molecule has 5 heteroatoms. The van der Waals surface area contributed by atoms with Crippen molar-refractivity contribution >= 4 is 21.6 Å². The van der Waals surface area contributed by atoms with E-state index in [2.05, 4.69) is 4.72 Å². The second kappa shape index (κ2) is 6.06. The fraction of sp³-hybridized carbons (Fsp3) is 1.00. The molecule has 0 spiro atoms. The predicted molar refractivity (Wildman–Crippen MR) is 65.8 cm³/mol. The quantitative estimate of drug-likeness (QED) is 0.741. The van der Waals surface area contributed by atoms with E-state index in [1.807, 2.05) is 27.7 Å². The molecule has 0 aromatic carbocycles. The van der Waals surface area contributed by atoms with Gasteiger partial charge in [-0.05, 0) is 18.3 Å². The van der Waals surface area contributed by atoms with Crippen molar-refractivity contribution in [3.63, 3.8) is 0 Å². The Labute approximate surface area is 98.6 Å². The summed E-state index contributed by atoms with van der Waals surface area (Å²) < 4.78 is 25.9. The minimum atomic E-state index is -3.17. The third kappa shape index (κ3) is 8.05. The van der Waals surface area contributed by atoms with Gasteiger partial charge in [-0.3, -0.25) is 0 Å². The van der Waals surface area contributed by atoms with Crippen molar-refractivity contribution in [1.29, 1.82) is 0 Å². The highest BCUT2D eigenvalue weighted by Gasteiger charge is 2.19. The first-order valence-corrected chi connectivity index (χ1v) is 7.45. The largest absolute Gasteiger partial charge is 0.212 e. The van der Waals surface area contributed by atoms with Crippen molar-refractivity contribution in [3.8, 4) is 0 Å². The molecular formula is C10H22ClNO2S. The van der Waals surface area contributed by atoms with Crippen molar-refractivity contribution in [1.82, 2.24) is 4.72 Å². The van der Waals surface area contributed by atoms with Crippen LogP contribution in [-0.2, 0) is 10.0 Å². The molecule has 0 radical (unpaired) electrons. The number of sulfonamides is 1. The smallest absolute Gasteiger partial charge is 0.211 e. The summed E-state index contributed by atoms with van der Waals surface area (Å²) in [4.78, 5) is 0. The molecule has 1 unspecified atom stereocenters. The van der Waals surface area contributed by atoms with Gasteiger partial charge >= 0.3 is 0 Å². The van der Waals surface area contributed by atoms with Crippen LogP contribution in [0.3, 0.4) is 0 Å². The summed E-state index contributed by atoms with van der Waals surface area (Å²) in [5, 5.41) is 0. The Hall–Kier alpha value is 0.200. The molecule has 0 bridgehead atoms. The highest BCUT2D eigenvalue weighted by Crippen LogP contribution is 2.19. The van der Waals surface area contributed by atoms with Crippen LogP contribution in [0.5, 0.6) is 0 Å². The maximum absolute atomic E-state index is 11.6. The monoisotopic (exact) mass is 255 g/mol. The standard InChI is InChI=1S/C10H22ClNO2S/c1-5-9(8-11)12-15(13,14)7-6-10(2,3)4/h9,12H,5-8H2,1-4H3. The molecular weight excluding hydrogens is 234 g/mol. The zero-order valence-corrected chi connectivity index (χ0v) is 11.6. The van der Waals surface area contributed by atoms with Gasteiger partial charge in [-0.2, -0.15) is 0 Å². The topological polar surface area (TPSA) is 46.2 Å². The van der Waals surface area contributed by atoms with Crippen LogP contribution < -0.4 is 4.72 Å². The molecule has 0 saturated carbocycles. The summed E-state index contributed by atoms with van der Waals surface area (Å²) in [7, 11) is -3.17. The zero-order valence-electron chi connectivity index (χ0n) is 10.0. The van der Waals surface area contributed by atoms with Crippen molar-refractivity contribution in [2.24, 2.45) is 5.41 Å². The maximum Gasteiger partial charge on any atom is 0.211 e. The number of rotatable bonds is 6. The predicted octanol–water partition coefficient (Wildman–Crippen LogP) is 2.36. The van der Waals surface area contributed by atoms with E-state index in [1.54, 1.807) is 0 Å². The van der Waals surface area contributed by atoms with E-state index < -0.39 is 10.0 Å². The molecule has 0 aliphatic rings. The highest BCUT2D eigenvalue weighted by atomic mass is 35.5. The number of nitrogens with one attached hydrogen (secondary N) is 1. The van der Waals surface area contributed by atoms with Gasteiger partial charge in [0.1, 0.15) is 0 Å². The number of halogens is 1.